The maximum absolute atomic E-state index is 12.1. The topological polar surface area (TPSA) is 73.8 Å². The highest BCUT2D eigenvalue weighted by Crippen LogP contribution is 2.22. The van der Waals surface area contributed by atoms with E-state index in [9.17, 15) is 4.79 Å². The zero-order chi connectivity index (χ0) is 13.3. The number of hydrogen-bond donors (Lipinski definition) is 1. The summed E-state index contributed by atoms with van der Waals surface area (Å²) in [6.07, 6.45) is 0. The fourth-order valence-corrected chi connectivity index (χ4v) is 1.51. The lowest BCUT2D eigenvalue weighted by Crippen LogP contribution is -2.21. The first-order valence-corrected chi connectivity index (χ1v) is 5.72. The zero-order valence-corrected chi connectivity index (χ0v) is 10.7. The van der Waals surface area contributed by atoms with Gasteiger partial charge in [0.15, 0.2) is 17.3 Å². The molecule has 0 spiro atoms. The number of rotatable bonds is 2. The third-order valence-electron chi connectivity index (χ3n) is 2.52. The molecule has 0 radical (unpaired) electrons. The van der Waals surface area contributed by atoms with Crippen LogP contribution in [-0.4, -0.2) is 20.8 Å². The van der Waals surface area contributed by atoms with Crippen molar-refractivity contribution in [1.29, 1.82) is 0 Å². The van der Waals surface area contributed by atoms with Gasteiger partial charge in [-0.25, -0.2) is 0 Å². The molecule has 18 heavy (non-hydrogen) atoms. The van der Waals surface area contributed by atoms with Crippen LogP contribution in [0.5, 0.6) is 0 Å². The standard InChI is InChI=1S/C13H16N4O/c1-13(2,3)11(18)10-12(14)16-17(15-10)9-7-5-4-6-8-9/h4-8H,1-3H3,(H2,14,16). The van der Waals surface area contributed by atoms with Crippen molar-refractivity contribution in [2.24, 2.45) is 5.41 Å². The Hall–Kier alpha value is -2.17. The predicted octanol–water partition coefficient (Wildman–Crippen LogP) is 2.08. The molecule has 5 nitrogen and oxygen atoms in total. The lowest BCUT2D eigenvalue weighted by atomic mass is 9.89. The van der Waals surface area contributed by atoms with Crippen LogP contribution in [0, 0.1) is 5.41 Å². The van der Waals surface area contributed by atoms with E-state index in [2.05, 4.69) is 10.2 Å². The fourth-order valence-electron chi connectivity index (χ4n) is 1.51. The highest BCUT2D eigenvalue weighted by Gasteiger charge is 2.28. The monoisotopic (exact) mass is 244 g/mol. The van der Waals surface area contributed by atoms with Crippen LogP contribution in [0.3, 0.4) is 0 Å². The highest BCUT2D eigenvalue weighted by molar-refractivity contribution is 6.01. The normalized spacial score (nSPS) is 11.5. The Bertz CT molecular complexity index is 566. The summed E-state index contributed by atoms with van der Waals surface area (Å²) in [4.78, 5) is 13.5. The van der Waals surface area contributed by atoms with Gasteiger partial charge >= 0.3 is 0 Å². The summed E-state index contributed by atoms with van der Waals surface area (Å²) >= 11 is 0. The molecule has 2 N–H and O–H groups in total. The maximum Gasteiger partial charge on any atom is 0.192 e. The quantitative estimate of drug-likeness (QED) is 0.821. The molecule has 5 heteroatoms. The number of carbonyl (C=O) groups is 1. The van der Waals surface area contributed by atoms with Gasteiger partial charge in [0.2, 0.25) is 0 Å². The molecule has 2 aromatic rings. The van der Waals surface area contributed by atoms with Gasteiger partial charge in [-0.3, -0.25) is 4.79 Å². The van der Waals surface area contributed by atoms with E-state index in [4.69, 9.17) is 5.73 Å². The number of ketones is 1. The first kappa shape index (κ1) is 12.3. The van der Waals surface area contributed by atoms with E-state index in [-0.39, 0.29) is 17.3 Å². The lowest BCUT2D eigenvalue weighted by Gasteiger charge is -2.14. The van der Waals surface area contributed by atoms with Gasteiger partial charge in [0.1, 0.15) is 0 Å². The van der Waals surface area contributed by atoms with E-state index < -0.39 is 5.41 Å². The Morgan fingerprint density at radius 3 is 2.33 bits per heavy atom. The molecule has 0 unspecified atom stereocenters. The van der Waals surface area contributed by atoms with E-state index in [0.29, 0.717) is 0 Å². The van der Waals surface area contributed by atoms with E-state index in [0.717, 1.165) is 5.69 Å². The molecule has 0 saturated heterocycles. The Morgan fingerprint density at radius 2 is 1.78 bits per heavy atom. The highest BCUT2D eigenvalue weighted by atomic mass is 16.1. The third-order valence-corrected chi connectivity index (χ3v) is 2.52. The van der Waals surface area contributed by atoms with Crippen LogP contribution < -0.4 is 5.73 Å². The molecule has 0 bridgehead atoms. The Kier molecular flexibility index (Phi) is 2.90. The van der Waals surface area contributed by atoms with Gasteiger partial charge in [-0.15, -0.1) is 15.0 Å². The molecular weight excluding hydrogens is 228 g/mol. The number of Topliss-reactive ketones (excluding diaryl/α,β-unsaturated/α-hetero) is 1. The minimum absolute atomic E-state index is 0.109. The van der Waals surface area contributed by atoms with E-state index >= 15 is 0 Å². The smallest absolute Gasteiger partial charge is 0.192 e. The number of benzene rings is 1. The van der Waals surface area contributed by atoms with Gasteiger partial charge in [-0.2, -0.15) is 0 Å². The number of hydrogen-bond acceptors (Lipinski definition) is 4. The van der Waals surface area contributed by atoms with Crippen LogP contribution >= 0.6 is 0 Å². The van der Waals surface area contributed by atoms with Crippen molar-refractivity contribution in [3.8, 4) is 5.69 Å². The second-order valence-electron chi connectivity index (χ2n) is 5.14. The molecule has 0 fully saturated rings. The summed E-state index contributed by atoms with van der Waals surface area (Å²) in [5.74, 6) is 0.0564. The molecule has 94 valence electrons. The number of nitrogens with zero attached hydrogens (tertiary/aromatic N) is 3. The predicted molar refractivity (Wildman–Crippen MR) is 69.6 cm³/mol. The molecule has 1 aromatic carbocycles. The zero-order valence-electron chi connectivity index (χ0n) is 10.7. The van der Waals surface area contributed by atoms with Crippen molar-refractivity contribution in [2.75, 3.05) is 5.73 Å². The number of aromatic nitrogens is 3. The SMILES string of the molecule is CC(C)(C)C(=O)c1nn(-c2ccccc2)nc1N. The molecule has 1 aromatic heterocycles. The first-order valence-electron chi connectivity index (χ1n) is 5.72. The van der Waals surface area contributed by atoms with Crippen molar-refractivity contribution in [3.05, 3.63) is 36.0 Å². The number of para-hydroxylation sites is 1. The van der Waals surface area contributed by atoms with E-state index in [1.165, 1.54) is 4.80 Å². The molecule has 0 aliphatic rings. The van der Waals surface area contributed by atoms with Crippen molar-refractivity contribution >= 4 is 11.6 Å². The van der Waals surface area contributed by atoms with Crippen LogP contribution in [-0.2, 0) is 0 Å². The Morgan fingerprint density at radius 1 is 1.17 bits per heavy atom. The van der Waals surface area contributed by atoms with Gasteiger partial charge in [0.25, 0.3) is 0 Å². The average molecular weight is 244 g/mol. The Labute approximate surface area is 106 Å². The van der Waals surface area contributed by atoms with Crippen LogP contribution in [0.1, 0.15) is 31.3 Å². The van der Waals surface area contributed by atoms with Crippen molar-refractivity contribution in [2.45, 2.75) is 20.8 Å². The average Bonchev–Trinajstić information content (AvgIpc) is 2.70. The van der Waals surface area contributed by atoms with Gasteiger partial charge in [-0.1, -0.05) is 39.0 Å². The number of nitrogens with two attached hydrogens (primary N) is 1. The molecule has 0 amide bonds. The number of anilines is 1. The first-order chi connectivity index (χ1) is 8.39. The van der Waals surface area contributed by atoms with Crippen LogP contribution in [0.15, 0.2) is 30.3 Å². The summed E-state index contributed by atoms with van der Waals surface area (Å²) in [6, 6.07) is 9.35. The largest absolute Gasteiger partial charge is 0.380 e. The van der Waals surface area contributed by atoms with Crippen molar-refractivity contribution in [3.63, 3.8) is 0 Å². The molecular formula is C13H16N4O. The minimum atomic E-state index is -0.522. The van der Waals surface area contributed by atoms with Gasteiger partial charge < -0.3 is 5.73 Å². The molecule has 0 atom stereocenters. The van der Waals surface area contributed by atoms with E-state index in [1.54, 1.807) is 0 Å². The van der Waals surface area contributed by atoms with Crippen LogP contribution in [0.4, 0.5) is 5.82 Å². The minimum Gasteiger partial charge on any atom is -0.380 e. The lowest BCUT2D eigenvalue weighted by molar-refractivity contribution is 0.0853. The van der Waals surface area contributed by atoms with Crippen molar-refractivity contribution in [1.82, 2.24) is 15.0 Å². The summed E-state index contributed by atoms with van der Waals surface area (Å²) in [6.45, 7) is 5.49. The fraction of sp³-hybridized carbons (Fsp3) is 0.308. The molecule has 2 rings (SSSR count). The number of carbonyl (C=O) groups excluding carboxylic acids is 1. The summed E-state index contributed by atoms with van der Waals surface area (Å²) in [7, 11) is 0. The summed E-state index contributed by atoms with van der Waals surface area (Å²) in [5, 5.41) is 8.26. The van der Waals surface area contributed by atoms with Crippen LogP contribution in [0.25, 0.3) is 5.69 Å². The van der Waals surface area contributed by atoms with E-state index in [1.807, 2.05) is 51.1 Å². The molecule has 0 aliphatic heterocycles. The second-order valence-corrected chi connectivity index (χ2v) is 5.14. The maximum atomic E-state index is 12.1. The molecule has 1 heterocycles. The second kappa shape index (κ2) is 4.25. The van der Waals surface area contributed by atoms with Gasteiger partial charge in [-0.05, 0) is 12.1 Å². The summed E-state index contributed by atoms with van der Waals surface area (Å²) in [5.41, 5.74) is 6.24. The number of nitrogen functional groups attached to an aromatic ring is 1. The van der Waals surface area contributed by atoms with Crippen LogP contribution in [0.2, 0.25) is 0 Å². The van der Waals surface area contributed by atoms with Gasteiger partial charge in [0, 0.05) is 5.41 Å². The molecule has 0 saturated carbocycles. The van der Waals surface area contributed by atoms with Crippen molar-refractivity contribution < 1.29 is 4.79 Å². The van der Waals surface area contributed by atoms with Gasteiger partial charge in [0.05, 0.1) is 5.69 Å². The Balaban J connectivity index is 2.43. The third kappa shape index (κ3) is 2.25. The molecule has 0 aliphatic carbocycles. The summed E-state index contributed by atoms with van der Waals surface area (Å²) < 4.78 is 0.